The van der Waals surface area contributed by atoms with Crippen LogP contribution in [0.2, 0.25) is 5.02 Å². The summed E-state index contributed by atoms with van der Waals surface area (Å²) in [5, 5.41) is 0.633. The standard InChI is InChI=1S/C11H11ClO2/c1-8(6-11(13)14-2)9-4-3-5-10(12)7-9/h3-5,7H,1,6H2,2H3. The molecular weight excluding hydrogens is 200 g/mol. The third-order valence-electron chi connectivity index (χ3n) is 1.82. The van der Waals surface area contributed by atoms with Crippen LogP contribution in [0.1, 0.15) is 12.0 Å². The molecule has 0 radical (unpaired) electrons. The van der Waals surface area contributed by atoms with Crippen molar-refractivity contribution in [1.82, 2.24) is 0 Å². The monoisotopic (exact) mass is 210 g/mol. The Kier molecular flexibility index (Phi) is 3.72. The lowest BCUT2D eigenvalue weighted by Crippen LogP contribution is -2.00. The molecule has 0 unspecified atom stereocenters. The van der Waals surface area contributed by atoms with E-state index in [2.05, 4.69) is 11.3 Å². The maximum absolute atomic E-state index is 11.0. The van der Waals surface area contributed by atoms with E-state index in [4.69, 9.17) is 11.6 Å². The van der Waals surface area contributed by atoms with Crippen LogP contribution in [0.25, 0.3) is 5.57 Å². The predicted octanol–water partition coefficient (Wildman–Crippen LogP) is 2.92. The molecule has 0 aliphatic heterocycles. The van der Waals surface area contributed by atoms with Gasteiger partial charge in [-0.1, -0.05) is 30.3 Å². The molecule has 2 nitrogen and oxygen atoms in total. The quantitative estimate of drug-likeness (QED) is 0.718. The predicted molar refractivity (Wildman–Crippen MR) is 57.1 cm³/mol. The smallest absolute Gasteiger partial charge is 0.309 e. The molecule has 0 bridgehead atoms. The van der Waals surface area contributed by atoms with Gasteiger partial charge >= 0.3 is 5.97 Å². The average Bonchev–Trinajstić information content (AvgIpc) is 2.17. The van der Waals surface area contributed by atoms with Gasteiger partial charge in [0, 0.05) is 5.02 Å². The lowest BCUT2D eigenvalue weighted by atomic mass is 10.1. The van der Waals surface area contributed by atoms with Crippen molar-refractivity contribution >= 4 is 23.1 Å². The Labute approximate surface area is 88.1 Å². The van der Waals surface area contributed by atoms with E-state index in [1.165, 1.54) is 7.11 Å². The fourth-order valence-corrected chi connectivity index (χ4v) is 1.25. The number of methoxy groups -OCH3 is 1. The number of rotatable bonds is 3. The van der Waals surface area contributed by atoms with Gasteiger partial charge in [0.05, 0.1) is 13.5 Å². The van der Waals surface area contributed by atoms with Crippen molar-refractivity contribution in [2.75, 3.05) is 7.11 Å². The summed E-state index contributed by atoms with van der Waals surface area (Å²) >= 11 is 5.80. The van der Waals surface area contributed by atoms with Crippen molar-refractivity contribution in [2.45, 2.75) is 6.42 Å². The van der Waals surface area contributed by atoms with Crippen LogP contribution in [-0.4, -0.2) is 13.1 Å². The molecule has 14 heavy (non-hydrogen) atoms. The highest BCUT2D eigenvalue weighted by atomic mass is 35.5. The van der Waals surface area contributed by atoms with Gasteiger partial charge in [-0.2, -0.15) is 0 Å². The average molecular weight is 211 g/mol. The molecule has 0 saturated carbocycles. The Balaban J connectivity index is 2.75. The second kappa shape index (κ2) is 4.82. The third-order valence-corrected chi connectivity index (χ3v) is 2.05. The van der Waals surface area contributed by atoms with Crippen LogP contribution in [0, 0.1) is 0 Å². The van der Waals surface area contributed by atoms with Crippen LogP contribution in [0.15, 0.2) is 30.8 Å². The van der Waals surface area contributed by atoms with Gasteiger partial charge in [0.25, 0.3) is 0 Å². The van der Waals surface area contributed by atoms with Crippen LogP contribution < -0.4 is 0 Å². The first-order valence-electron chi connectivity index (χ1n) is 4.14. The summed E-state index contributed by atoms with van der Waals surface area (Å²) in [5.74, 6) is -0.296. The summed E-state index contributed by atoms with van der Waals surface area (Å²) in [4.78, 5) is 11.0. The van der Waals surface area contributed by atoms with Crippen LogP contribution in [0.3, 0.4) is 0 Å². The minimum atomic E-state index is -0.296. The van der Waals surface area contributed by atoms with Gasteiger partial charge in [-0.05, 0) is 23.3 Å². The van der Waals surface area contributed by atoms with Gasteiger partial charge in [0.15, 0.2) is 0 Å². The molecule has 0 aliphatic carbocycles. The summed E-state index contributed by atoms with van der Waals surface area (Å²) < 4.78 is 4.54. The number of carbonyl (C=O) groups excluding carboxylic acids is 1. The van der Waals surface area contributed by atoms with Crippen molar-refractivity contribution < 1.29 is 9.53 Å². The van der Waals surface area contributed by atoms with Crippen molar-refractivity contribution in [3.05, 3.63) is 41.4 Å². The summed E-state index contributed by atoms with van der Waals surface area (Å²) in [6.45, 7) is 3.79. The number of hydrogen-bond acceptors (Lipinski definition) is 2. The van der Waals surface area contributed by atoms with Gasteiger partial charge in [-0.15, -0.1) is 0 Å². The lowest BCUT2D eigenvalue weighted by Gasteiger charge is -2.04. The summed E-state index contributed by atoms with van der Waals surface area (Å²) in [6, 6.07) is 7.22. The first kappa shape index (κ1) is 10.8. The normalized spacial score (nSPS) is 9.57. The van der Waals surface area contributed by atoms with E-state index in [1.807, 2.05) is 12.1 Å². The largest absolute Gasteiger partial charge is 0.469 e. The molecule has 3 heteroatoms. The SMILES string of the molecule is C=C(CC(=O)OC)c1cccc(Cl)c1. The fraction of sp³-hybridized carbons (Fsp3) is 0.182. The van der Waals surface area contributed by atoms with Crippen LogP contribution >= 0.6 is 11.6 Å². The molecule has 0 aliphatic rings. The fourth-order valence-electron chi connectivity index (χ4n) is 1.06. The Hall–Kier alpha value is -1.28. The minimum Gasteiger partial charge on any atom is -0.469 e. The molecule has 0 amide bonds. The topological polar surface area (TPSA) is 26.3 Å². The van der Waals surface area contributed by atoms with E-state index in [0.29, 0.717) is 10.6 Å². The van der Waals surface area contributed by atoms with Crippen molar-refractivity contribution in [2.24, 2.45) is 0 Å². The maximum atomic E-state index is 11.0. The second-order valence-corrected chi connectivity index (χ2v) is 3.30. The number of halogens is 1. The molecule has 0 N–H and O–H groups in total. The maximum Gasteiger partial charge on any atom is 0.309 e. The molecule has 74 valence electrons. The first-order valence-corrected chi connectivity index (χ1v) is 4.52. The Morgan fingerprint density at radius 3 is 2.86 bits per heavy atom. The van der Waals surface area contributed by atoms with Gasteiger partial charge in [-0.25, -0.2) is 0 Å². The van der Waals surface area contributed by atoms with E-state index >= 15 is 0 Å². The lowest BCUT2D eigenvalue weighted by molar-refractivity contribution is -0.139. The van der Waals surface area contributed by atoms with E-state index < -0.39 is 0 Å². The molecule has 1 aromatic carbocycles. The number of ether oxygens (including phenoxy) is 1. The summed E-state index contributed by atoms with van der Waals surface area (Å²) in [5.41, 5.74) is 1.57. The molecule has 1 rings (SSSR count). The third kappa shape index (κ3) is 2.89. The molecular formula is C11H11ClO2. The zero-order chi connectivity index (χ0) is 10.6. The molecule has 0 spiro atoms. The number of benzene rings is 1. The summed E-state index contributed by atoms with van der Waals surface area (Å²) in [6.07, 6.45) is 0.191. The Bertz CT molecular complexity index is 358. The Morgan fingerprint density at radius 1 is 1.57 bits per heavy atom. The highest BCUT2D eigenvalue weighted by molar-refractivity contribution is 6.30. The molecule has 0 fully saturated rings. The van der Waals surface area contributed by atoms with Crippen molar-refractivity contribution in [3.8, 4) is 0 Å². The number of carbonyl (C=O) groups is 1. The number of hydrogen-bond donors (Lipinski definition) is 0. The van der Waals surface area contributed by atoms with Gasteiger partial charge in [-0.3, -0.25) is 4.79 Å². The van der Waals surface area contributed by atoms with E-state index in [9.17, 15) is 4.79 Å². The van der Waals surface area contributed by atoms with Crippen molar-refractivity contribution in [1.29, 1.82) is 0 Å². The summed E-state index contributed by atoms with van der Waals surface area (Å²) in [7, 11) is 1.35. The van der Waals surface area contributed by atoms with Gasteiger partial charge < -0.3 is 4.74 Å². The molecule has 0 aromatic heterocycles. The first-order chi connectivity index (χ1) is 6.63. The zero-order valence-corrected chi connectivity index (χ0v) is 8.67. The van der Waals surface area contributed by atoms with Crippen LogP contribution in [0.4, 0.5) is 0 Å². The zero-order valence-electron chi connectivity index (χ0n) is 7.92. The molecule has 0 heterocycles. The highest BCUT2D eigenvalue weighted by Gasteiger charge is 2.05. The van der Waals surface area contributed by atoms with E-state index in [-0.39, 0.29) is 12.4 Å². The Morgan fingerprint density at radius 2 is 2.29 bits per heavy atom. The molecule has 0 atom stereocenters. The van der Waals surface area contributed by atoms with Crippen LogP contribution in [-0.2, 0) is 9.53 Å². The second-order valence-electron chi connectivity index (χ2n) is 2.87. The van der Waals surface area contributed by atoms with Gasteiger partial charge in [0.2, 0.25) is 0 Å². The van der Waals surface area contributed by atoms with Crippen molar-refractivity contribution in [3.63, 3.8) is 0 Å². The highest BCUT2D eigenvalue weighted by Crippen LogP contribution is 2.20. The van der Waals surface area contributed by atoms with E-state index in [1.54, 1.807) is 12.1 Å². The van der Waals surface area contributed by atoms with E-state index in [0.717, 1.165) is 5.56 Å². The van der Waals surface area contributed by atoms with Gasteiger partial charge in [0.1, 0.15) is 0 Å². The molecule has 1 aromatic rings. The van der Waals surface area contributed by atoms with Crippen LogP contribution in [0.5, 0.6) is 0 Å². The number of esters is 1. The molecule has 0 saturated heterocycles. The minimum absolute atomic E-state index is 0.191.